The Kier molecular flexibility index (Phi) is 3.86. The summed E-state index contributed by atoms with van der Waals surface area (Å²) < 4.78 is 1.02. The van der Waals surface area contributed by atoms with Gasteiger partial charge in [0.25, 0.3) is 0 Å². The molecule has 0 heterocycles. The van der Waals surface area contributed by atoms with Crippen molar-refractivity contribution in [2.24, 2.45) is 11.8 Å². The summed E-state index contributed by atoms with van der Waals surface area (Å²) in [5, 5.41) is 9.70. The second-order valence-electron chi connectivity index (χ2n) is 6.17. The summed E-state index contributed by atoms with van der Waals surface area (Å²) in [5.41, 5.74) is 2.27. The largest absolute Gasteiger partial charge is 0.389 e. The molecule has 0 aliphatic heterocycles. The zero-order valence-electron chi connectivity index (χ0n) is 11.5. The van der Waals surface area contributed by atoms with Gasteiger partial charge in [-0.05, 0) is 62.1 Å². The maximum absolute atomic E-state index is 9.70. The molecule has 0 aromatic heterocycles. The molecule has 1 aromatic carbocycles. The van der Waals surface area contributed by atoms with E-state index in [1.54, 1.807) is 0 Å². The molecule has 2 fully saturated rings. The van der Waals surface area contributed by atoms with Crippen LogP contribution in [0.5, 0.6) is 0 Å². The van der Waals surface area contributed by atoms with Crippen molar-refractivity contribution in [1.82, 2.24) is 0 Å². The number of nitrogens with zero attached hydrogens (tertiary/aromatic N) is 1. The van der Waals surface area contributed by atoms with E-state index in [1.165, 1.54) is 44.5 Å². The van der Waals surface area contributed by atoms with Crippen molar-refractivity contribution in [3.05, 3.63) is 28.2 Å². The molecular weight excluding hydrogens is 302 g/mol. The molecule has 3 rings (SSSR count). The lowest BCUT2D eigenvalue weighted by Crippen LogP contribution is -2.28. The Morgan fingerprint density at radius 1 is 1.21 bits per heavy atom. The van der Waals surface area contributed by atoms with Crippen molar-refractivity contribution in [2.45, 2.75) is 38.7 Å². The zero-order chi connectivity index (χ0) is 13.4. The number of hydrogen-bond donors (Lipinski definition) is 1. The van der Waals surface area contributed by atoms with E-state index in [4.69, 9.17) is 0 Å². The maximum atomic E-state index is 9.70. The Labute approximate surface area is 123 Å². The standard InChI is InChI=1S/C16H22BrNO/c1-11(19)15-7-6-14(8-16(15)17)18(9-12-2-3-12)10-13-4-5-13/h6-8,11-13,19H,2-5,9-10H2,1H3/t11-/m1/s1. The lowest BCUT2D eigenvalue weighted by molar-refractivity contribution is 0.198. The highest BCUT2D eigenvalue weighted by Gasteiger charge is 2.29. The van der Waals surface area contributed by atoms with E-state index in [0.717, 1.165) is 21.9 Å². The number of anilines is 1. The molecule has 2 saturated carbocycles. The Balaban J connectivity index is 1.77. The van der Waals surface area contributed by atoms with Crippen LogP contribution in [0.3, 0.4) is 0 Å². The Morgan fingerprint density at radius 3 is 2.21 bits per heavy atom. The van der Waals surface area contributed by atoms with E-state index < -0.39 is 6.10 Å². The molecule has 2 nitrogen and oxygen atoms in total. The normalized spacial score (nSPS) is 20.4. The van der Waals surface area contributed by atoms with Crippen molar-refractivity contribution in [3.8, 4) is 0 Å². The van der Waals surface area contributed by atoms with Crippen molar-refractivity contribution >= 4 is 21.6 Å². The number of rotatable bonds is 6. The molecule has 1 N–H and O–H groups in total. The molecule has 1 atom stereocenters. The average Bonchev–Trinajstić information content (AvgIpc) is 3.22. The van der Waals surface area contributed by atoms with E-state index in [1.807, 2.05) is 6.92 Å². The van der Waals surface area contributed by atoms with E-state index in [0.29, 0.717) is 0 Å². The van der Waals surface area contributed by atoms with Crippen LogP contribution in [0, 0.1) is 11.8 Å². The summed E-state index contributed by atoms with van der Waals surface area (Å²) in [5.74, 6) is 1.82. The van der Waals surface area contributed by atoms with Crippen LogP contribution in [-0.2, 0) is 0 Å². The monoisotopic (exact) mass is 323 g/mol. The predicted molar refractivity (Wildman–Crippen MR) is 82.4 cm³/mol. The first kappa shape index (κ1) is 13.4. The van der Waals surface area contributed by atoms with Crippen LogP contribution in [0.1, 0.15) is 44.3 Å². The molecule has 2 aliphatic carbocycles. The van der Waals surface area contributed by atoms with E-state index in [2.05, 4.69) is 39.0 Å². The minimum absolute atomic E-state index is 0.413. The van der Waals surface area contributed by atoms with Crippen LogP contribution in [0.25, 0.3) is 0 Å². The molecule has 1 aromatic rings. The van der Waals surface area contributed by atoms with Gasteiger partial charge in [-0.25, -0.2) is 0 Å². The number of aliphatic hydroxyl groups is 1. The van der Waals surface area contributed by atoms with Gasteiger partial charge in [0.05, 0.1) is 6.10 Å². The predicted octanol–water partition coefficient (Wildman–Crippen LogP) is 4.13. The summed E-state index contributed by atoms with van der Waals surface area (Å²) in [6.45, 7) is 4.22. The van der Waals surface area contributed by atoms with Gasteiger partial charge in [0.1, 0.15) is 0 Å². The maximum Gasteiger partial charge on any atom is 0.0772 e. The van der Waals surface area contributed by atoms with E-state index in [9.17, 15) is 5.11 Å². The zero-order valence-corrected chi connectivity index (χ0v) is 13.1. The van der Waals surface area contributed by atoms with Gasteiger partial charge in [-0.2, -0.15) is 0 Å². The summed E-state index contributed by atoms with van der Waals surface area (Å²) in [4.78, 5) is 2.55. The highest BCUT2D eigenvalue weighted by molar-refractivity contribution is 9.10. The molecular formula is C16H22BrNO. The van der Waals surface area contributed by atoms with E-state index >= 15 is 0 Å². The summed E-state index contributed by atoms with van der Waals surface area (Å²) in [6.07, 6.45) is 5.17. The number of hydrogen-bond acceptors (Lipinski definition) is 2. The second-order valence-corrected chi connectivity index (χ2v) is 7.03. The molecule has 0 unspecified atom stereocenters. The third-order valence-corrected chi connectivity index (χ3v) is 4.84. The highest BCUT2D eigenvalue weighted by Crippen LogP contribution is 2.37. The van der Waals surface area contributed by atoms with Gasteiger partial charge in [-0.15, -0.1) is 0 Å². The van der Waals surface area contributed by atoms with Crippen molar-refractivity contribution in [1.29, 1.82) is 0 Å². The number of benzene rings is 1. The molecule has 0 amide bonds. The molecule has 19 heavy (non-hydrogen) atoms. The minimum Gasteiger partial charge on any atom is -0.389 e. The number of halogens is 1. The van der Waals surface area contributed by atoms with Crippen molar-refractivity contribution in [2.75, 3.05) is 18.0 Å². The highest BCUT2D eigenvalue weighted by atomic mass is 79.9. The molecule has 2 aliphatic rings. The van der Waals surface area contributed by atoms with Crippen LogP contribution < -0.4 is 4.90 Å². The number of aliphatic hydroxyl groups excluding tert-OH is 1. The van der Waals surface area contributed by atoms with Gasteiger partial charge in [0.15, 0.2) is 0 Å². The van der Waals surface area contributed by atoms with Crippen LogP contribution in [0.2, 0.25) is 0 Å². The van der Waals surface area contributed by atoms with Crippen LogP contribution in [0.4, 0.5) is 5.69 Å². The smallest absolute Gasteiger partial charge is 0.0772 e. The minimum atomic E-state index is -0.413. The lowest BCUT2D eigenvalue weighted by Gasteiger charge is -2.26. The van der Waals surface area contributed by atoms with Crippen LogP contribution in [-0.4, -0.2) is 18.2 Å². The van der Waals surface area contributed by atoms with Gasteiger partial charge >= 0.3 is 0 Å². The van der Waals surface area contributed by atoms with Gasteiger partial charge in [0.2, 0.25) is 0 Å². The molecule has 3 heteroatoms. The van der Waals surface area contributed by atoms with Crippen molar-refractivity contribution < 1.29 is 5.11 Å². The molecule has 0 radical (unpaired) electrons. The van der Waals surface area contributed by atoms with Gasteiger partial charge in [-0.3, -0.25) is 0 Å². The first-order valence-corrected chi connectivity index (χ1v) is 8.15. The topological polar surface area (TPSA) is 23.5 Å². The first-order chi connectivity index (χ1) is 9.13. The summed E-state index contributed by atoms with van der Waals surface area (Å²) in [6, 6.07) is 6.39. The fourth-order valence-electron chi connectivity index (χ4n) is 2.56. The summed E-state index contributed by atoms with van der Waals surface area (Å²) >= 11 is 3.59. The average molecular weight is 324 g/mol. The van der Waals surface area contributed by atoms with Crippen LogP contribution in [0.15, 0.2) is 22.7 Å². The fourth-order valence-corrected chi connectivity index (χ4v) is 3.26. The fraction of sp³-hybridized carbons (Fsp3) is 0.625. The molecule has 0 saturated heterocycles. The third kappa shape index (κ3) is 3.51. The third-order valence-electron chi connectivity index (χ3n) is 4.15. The van der Waals surface area contributed by atoms with Gasteiger partial charge in [-0.1, -0.05) is 22.0 Å². The van der Waals surface area contributed by atoms with E-state index in [-0.39, 0.29) is 0 Å². The molecule has 104 valence electrons. The molecule has 0 spiro atoms. The summed E-state index contributed by atoms with van der Waals surface area (Å²) in [7, 11) is 0. The molecule has 0 bridgehead atoms. The Hall–Kier alpha value is -0.540. The van der Waals surface area contributed by atoms with Crippen molar-refractivity contribution in [3.63, 3.8) is 0 Å². The Morgan fingerprint density at radius 2 is 1.79 bits per heavy atom. The SMILES string of the molecule is C[C@@H](O)c1ccc(N(CC2CC2)CC2CC2)cc1Br. The first-order valence-electron chi connectivity index (χ1n) is 7.36. The van der Waals surface area contributed by atoms with Gasteiger partial charge in [0, 0.05) is 23.2 Å². The quantitative estimate of drug-likeness (QED) is 0.850. The Bertz CT molecular complexity index is 438. The second kappa shape index (κ2) is 5.45. The van der Waals surface area contributed by atoms with Crippen LogP contribution >= 0.6 is 15.9 Å². The lowest BCUT2D eigenvalue weighted by atomic mass is 10.1. The van der Waals surface area contributed by atoms with Gasteiger partial charge < -0.3 is 10.0 Å².